The number of rotatable bonds is 3. The summed E-state index contributed by atoms with van der Waals surface area (Å²) < 4.78 is 0. The zero-order valence-corrected chi connectivity index (χ0v) is 8.17. The molecule has 0 heterocycles. The quantitative estimate of drug-likeness (QED) is 0.547. The molecule has 0 bridgehead atoms. The molecule has 1 aromatic carbocycles. The van der Waals surface area contributed by atoms with Crippen LogP contribution in [0.1, 0.15) is 19.4 Å². The molecule has 1 N–H and O–H groups in total. The van der Waals surface area contributed by atoms with Gasteiger partial charge in [-0.2, -0.15) is 0 Å². The predicted octanol–water partition coefficient (Wildman–Crippen LogP) is 2.89. The Morgan fingerprint density at radius 1 is 1.31 bits per heavy atom. The van der Waals surface area contributed by atoms with Crippen LogP contribution >= 0.6 is 0 Å². The third-order valence-corrected chi connectivity index (χ3v) is 1.81. The van der Waals surface area contributed by atoms with Gasteiger partial charge in [-0.3, -0.25) is 0 Å². The molecule has 0 saturated carbocycles. The van der Waals surface area contributed by atoms with Crippen LogP contribution in [-0.4, -0.2) is 0 Å². The van der Waals surface area contributed by atoms with Crippen molar-refractivity contribution in [2.45, 2.75) is 20.3 Å². The molecule has 0 fully saturated rings. The molecule has 13 heavy (non-hydrogen) atoms. The predicted molar refractivity (Wildman–Crippen MR) is 57.4 cm³/mol. The first-order valence-corrected chi connectivity index (χ1v) is 4.53. The molecule has 1 nitrogen and oxygen atoms in total. The number of nitrogens with one attached hydrogen (secondary N) is 1. The Balaban J connectivity index is 2.65. The Hall–Kier alpha value is -1.42. The van der Waals surface area contributed by atoms with Crippen LogP contribution in [0.5, 0.6) is 0 Å². The molecule has 0 aliphatic heterocycles. The second-order valence-electron chi connectivity index (χ2n) is 3.56. The molecular weight excluding hydrogens is 158 g/mol. The second kappa shape index (κ2) is 4.57. The van der Waals surface area contributed by atoms with Gasteiger partial charge in [0.1, 0.15) is 0 Å². The van der Waals surface area contributed by atoms with Crippen molar-refractivity contribution in [1.82, 2.24) is 0 Å². The molecule has 1 rings (SSSR count). The van der Waals surface area contributed by atoms with Crippen molar-refractivity contribution in [3.63, 3.8) is 0 Å². The van der Waals surface area contributed by atoms with Gasteiger partial charge in [-0.05, 0) is 30.0 Å². The summed E-state index contributed by atoms with van der Waals surface area (Å²) in [7, 11) is 0. The van der Waals surface area contributed by atoms with E-state index in [4.69, 9.17) is 6.42 Å². The lowest BCUT2D eigenvalue weighted by molar-refractivity contribution is 0.647. The van der Waals surface area contributed by atoms with Gasteiger partial charge < -0.3 is 5.32 Å². The zero-order chi connectivity index (χ0) is 9.68. The van der Waals surface area contributed by atoms with E-state index in [1.54, 1.807) is 0 Å². The fourth-order valence-electron chi connectivity index (χ4n) is 1.28. The van der Waals surface area contributed by atoms with Gasteiger partial charge in [0.15, 0.2) is 0 Å². The van der Waals surface area contributed by atoms with E-state index in [0.717, 1.165) is 12.1 Å². The summed E-state index contributed by atoms with van der Waals surface area (Å²) in [5.41, 5.74) is 2.34. The SMILES string of the molecule is C#CNc1ccc(CC(C)C)cc1. The Morgan fingerprint density at radius 2 is 1.92 bits per heavy atom. The maximum absolute atomic E-state index is 5.12. The first-order chi connectivity index (χ1) is 6.22. The monoisotopic (exact) mass is 173 g/mol. The fraction of sp³-hybridized carbons (Fsp3) is 0.333. The lowest BCUT2D eigenvalue weighted by Crippen LogP contribution is -1.94. The number of terminal acetylenes is 1. The van der Waals surface area contributed by atoms with Crippen molar-refractivity contribution in [2.75, 3.05) is 5.32 Å². The first-order valence-electron chi connectivity index (χ1n) is 4.53. The minimum atomic E-state index is 0.700. The van der Waals surface area contributed by atoms with Crippen LogP contribution in [0.3, 0.4) is 0 Å². The minimum absolute atomic E-state index is 0.700. The van der Waals surface area contributed by atoms with Gasteiger partial charge in [-0.25, -0.2) is 0 Å². The van der Waals surface area contributed by atoms with Crippen molar-refractivity contribution in [3.05, 3.63) is 29.8 Å². The lowest BCUT2D eigenvalue weighted by Gasteiger charge is -2.05. The summed E-state index contributed by atoms with van der Waals surface area (Å²) in [5, 5.41) is 2.82. The molecular formula is C12H15N. The molecule has 0 aliphatic rings. The minimum Gasteiger partial charge on any atom is -0.315 e. The Labute approximate surface area is 80.2 Å². The second-order valence-corrected chi connectivity index (χ2v) is 3.56. The third-order valence-electron chi connectivity index (χ3n) is 1.81. The van der Waals surface area contributed by atoms with E-state index < -0.39 is 0 Å². The number of hydrogen-bond acceptors (Lipinski definition) is 1. The molecule has 1 heteroatoms. The van der Waals surface area contributed by atoms with Crippen molar-refractivity contribution < 1.29 is 0 Å². The summed E-state index contributed by atoms with van der Waals surface area (Å²) in [6, 6.07) is 10.6. The van der Waals surface area contributed by atoms with E-state index in [1.165, 1.54) is 5.56 Å². The number of benzene rings is 1. The highest BCUT2D eigenvalue weighted by Crippen LogP contribution is 2.12. The van der Waals surface area contributed by atoms with Crippen LogP contribution in [0.15, 0.2) is 24.3 Å². The number of hydrogen-bond donors (Lipinski definition) is 1. The molecule has 1 aromatic rings. The average molecular weight is 173 g/mol. The van der Waals surface area contributed by atoms with Crippen LogP contribution in [-0.2, 0) is 6.42 Å². The van der Waals surface area contributed by atoms with Gasteiger partial charge in [0.25, 0.3) is 0 Å². The van der Waals surface area contributed by atoms with Crippen LogP contribution in [0.2, 0.25) is 0 Å². The van der Waals surface area contributed by atoms with Crippen molar-refractivity contribution in [3.8, 4) is 12.5 Å². The largest absolute Gasteiger partial charge is 0.315 e. The molecule has 0 aliphatic carbocycles. The highest BCUT2D eigenvalue weighted by molar-refractivity contribution is 5.48. The van der Waals surface area contributed by atoms with Crippen LogP contribution < -0.4 is 5.32 Å². The molecule has 68 valence electrons. The van der Waals surface area contributed by atoms with Gasteiger partial charge in [-0.15, -0.1) is 0 Å². The van der Waals surface area contributed by atoms with E-state index in [0.29, 0.717) is 5.92 Å². The molecule has 0 radical (unpaired) electrons. The Morgan fingerprint density at radius 3 is 2.38 bits per heavy atom. The Bertz CT molecular complexity index is 290. The van der Waals surface area contributed by atoms with Crippen LogP contribution in [0.4, 0.5) is 5.69 Å². The van der Waals surface area contributed by atoms with Crippen molar-refractivity contribution in [1.29, 1.82) is 0 Å². The van der Waals surface area contributed by atoms with E-state index in [2.05, 4.69) is 37.3 Å². The highest BCUT2D eigenvalue weighted by Gasteiger charge is 1.96. The molecule has 0 unspecified atom stereocenters. The standard InChI is InChI=1S/C12H15N/c1-4-13-12-7-5-11(6-8-12)9-10(2)3/h1,5-8,10,13H,9H2,2-3H3. The zero-order valence-electron chi connectivity index (χ0n) is 8.17. The van der Waals surface area contributed by atoms with Gasteiger partial charge in [0.05, 0.1) is 0 Å². The third kappa shape index (κ3) is 3.21. The van der Waals surface area contributed by atoms with Crippen molar-refractivity contribution in [2.24, 2.45) is 5.92 Å². The average Bonchev–Trinajstić information content (AvgIpc) is 2.08. The lowest BCUT2D eigenvalue weighted by atomic mass is 10.0. The van der Waals surface area contributed by atoms with Gasteiger partial charge >= 0.3 is 0 Å². The smallest absolute Gasteiger partial charge is 0.0459 e. The molecule has 0 amide bonds. The summed E-state index contributed by atoms with van der Waals surface area (Å²) in [6.45, 7) is 4.43. The molecule has 0 spiro atoms. The summed E-state index contributed by atoms with van der Waals surface area (Å²) in [6.07, 6.45) is 6.24. The van der Waals surface area contributed by atoms with E-state index in [1.807, 2.05) is 12.1 Å². The van der Waals surface area contributed by atoms with Crippen LogP contribution in [0, 0.1) is 18.4 Å². The van der Waals surface area contributed by atoms with Gasteiger partial charge in [0.2, 0.25) is 0 Å². The molecule has 0 saturated heterocycles. The van der Waals surface area contributed by atoms with E-state index in [-0.39, 0.29) is 0 Å². The van der Waals surface area contributed by atoms with Gasteiger partial charge in [-0.1, -0.05) is 32.4 Å². The topological polar surface area (TPSA) is 12.0 Å². The normalized spacial score (nSPS) is 9.69. The molecule has 0 aromatic heterocycles. The maximum atomic E-state index is 5.12. The Kier molecular flexibility index (Phi) is 3.40. The molecule has 0 atom stereocenters. The summed E-state index contributed by atoms with van der Waals surface area (Å²) in [4.78, 5) is 0. The fourth-order valence-corrected chi connectivity index (χ4v) is 1.28. The van der Waals surface area contributed by atoms with Crippen LogP contribution in [0.25, 0.3) is 0 Å². The van der Waals surface area contributed by atoms with E-state index in [9.17, 15) is 0 Å². The van der Waals surface area contributed by atoms with E-state index >= 15 is 0 Å². The van der Waals surface area contributed by atoms with Crippen molar-refractivity contribution >= 4 is 5.69 Å². The highest BCUT2D eigenvalue weighted by atomic mass is 14.8. The maximum Gasteiger partial charge on any atom is 0.0459 e. The van der Waals surface area contributed by atoms with Gasteiger partial charge in [0, 0.05) is 11.7 Å². The number of anilines is 1. The summed E-state index contributed by atoms with van der Waals surface area (Å²) in [5.74, 6) is 0.700. The first kappa shape index (κ1) is 9.67. The summed E-state index contributed by atoms with van der Waals surface area (Å²) >= 11 is 0.